The number of furan rings is 1. The van der Waals surface area contributed by atoms with Crippen molar-refractivity contribution >= 4 is 5.78 Å². The largest absolute Gasteiger partial charge is 0.461 e. The summed E-state index contributed by atoms with van der Waals surface area (Å²) in [7, 11) is 0. The number of hydrogen-bond donors (Lipinski definition) is 0. The molecule has 2 atom stereocenters. The summed E-state index contributed by atoms with van der Waals surface area (Å²) < 4.78 is 10.7. The number of Topliss-reactive ketones (excluding diaryl/α,β-unsaturated/α-hetero) is 1. The summed E-state index contributed by atoms with van der Waals surface area (Å²) in [5.41, 5.74) is 0. The van der Waals surface area contributed by atoms with Crippen molar-refractivity contribution in [3.63, 3.8) is 0 Å². The first-order valence-electron chi connectivity index (χ1n) is 6.33. The summed E-state index contributed by atoms with van der Waals surface area (Å²) in [5, 5.41) is 0. The Labute approximate surface area is 102 Å². The maximum Gasteiger partial charge on any atom is 0.223 e. The lowest BCUT2D eigenvalue weighted by Gasteiger charge is -2.31. The molecule has 0 saturated heterocycles. The van der Waals surface area contributed by atoms with Crippen molar-refractivity contribution in [3.05, 3.63) is 24.2 Å². The molecule has 0 spiro atoms. The van der Waals surface area contributed by atoms with Crippen molar-refractivity contribution in [3.8, 4) is 0 Å². The number of rotatable bonds is 4. The predicted octanol–water partition coefficient (Wildman–Crippen LogP) is 3.30. The molecule has 1 saturated carbocycles. The first-order valence-corrected chi connectivity index (χ1v) is 6.33. The van der Waals surface area contributed by atoms with Gasteiger partial charge in [0.15, 0.2) is 5.76 Å². The van der Waals surface area contributed by atoms with Gasteiger partial charge in [0.1, 0.15) is 6.61 Å². The molecule has 17 heavy (non-hydrogen) atoms. The molecule has 1 aromatic heterocycles. The molecule has 0 aliphatic heterocycles. The normalized spacial score (nSPS) is 29.2. The van der Waals surface area contributed by atoms with Crippen LogP contribution in [-0.4, -0.2) is 18.5 Å². The smallest absolute Gasteiger partial charge is 0.223 e. The zero-order chi connectivity index (χ0) is 12.3. The first-order chi connectivity index (χ1) is 8.15. The van der Waals surface area contributed by atoms with Crippen LogP contribution in [0.2, 0.25) is 0 Å². The van der Waals surface area contributed by atoms with Gasteiger partial charge in [-0.25, -0.2) is 0 Å². The molecule has 94 valence electrons. The highest BCUT2D eigenvalue weighted by molar-refractivity contribution is 5.94. The van der Waals surface area contributed by atoms with Crippen LogP contribution in [0.5, 0.6) is 0 Å². The lowest BCUT2D eigenvalue weighted by atomic mass is 9.82. The average Bonchev–Trinajstić information content (AvgIpc) is 2.78. The molecule has 3 heteroatoms. The zero-order valence-corrected chi connectivity index (χ0v) is 10.5. The van der Waals surface area contributed by atoms with E-state index >= 15 is 0 Å². The summed E-state index contributed by atoms with van der Waals surface area (Å²) in [6, 6.07) is 3.40. The topological polar surface area (TPSA) is 39.4 Å². The molecular weight excluding hydrogens is 216 g/mol. The number of carbonyl (C=O) groups excluding carboxylic acids is 1. The fourth-order valence-electron chi connectivity index (χ4n) is 2.71. The van der Waals surface area contributed by atoms with Gasteiger partial charge in [-0.3, -0.25) is 4.79 Å². The van der Waals surface area contributed by atoms with Crippen molar-refractivity contribution in [2.75, 3.05) is 6.61 Å². The van der Waals surface area contributed by atoms with E-state index in [1.54, 1.807) is 12.1 Å². The maximum atomic E-state index is 11.7. The summed E-state index contributed by atoms with van der Waals surface area (Å²) in [6.45, 7) is 4.64. The third-order valence-electron chi connectivity index (χ3n) is 3.38. The van der Waals surface area contributed by atoms with Crippen LogP contribution in [-0.2, 0) is 4.74 Å². The highest BCUT2D eigenvalue weighted by Crippen LogP contribution is 2.30. The molecule has 1 aliphatic rings. The van der Waals surface area contributed by atoms with Gasteiger partial charge < -0.3 is 9.15 Å². The van der Waals surface area contributed by atoms with Gasteiger partial charge in [0.05, 0.1) is 12.4 Å². The SMILES string of the molecule is CC1CC(C)CC(OCC(=O)c2ccco2)C1. The third-order valence-corrected chi connectivity index (χ3v) is 3.38. The van der Waals surface area contributed by atoms with Gasteiger partial charge in [-0.15, -0.1) is 0 Å². The molecule has 0 N–H and O–H groups in total. The Balaban J connectivity index is 1.80. The number of ketones is 1. The summed E-state index contributed by atoms with van der Waals surface area (Å²) in [4.78, 5) is 11.7. The Morgan fingerprint density at radius 3 is 2.65 bits per heavy atom. The highest BCUT2D eigenvalue weighted by Gasteiger charge is 2.25. The second-order valence-corrected chi connectivity index (χ2v) is 5.25. The van der Waals surface area contributed by atoms with Crippen LogP contribution in [0.25, 0.3) is 0 Å². The van der Waals surface area contributed by atoms with E-state index in [4.69, 9.17) is 9.15 Å². The maximum absolute atomic E-state index is 11.7. The van der Waals surface area contributed by atoms with Crippen LogP contribution in [0.15, 0.2) is 22.8 Å². The monoisotopic (exact) mass is 236 g/mol. The number of hydrogen-bond acceptors (Lipinski definition) is 3. The van der Waals surface area contributed by atoms with E-state index in [2.05, 4.69) is 13.8 Å². The molecule has 1 aromatic rings. The molecule has 3 nitrogen and oxygen atoms in total. The lowest BCUT2D eigenvalue weighted by molar-refractivity contribution is 0.00473. The van der Waals surface area contributed by atoms with Crippen molar-refractivity contribution < 1.29 is 13.9 Å². The first kappa shape index (κ1) is 12.4. The van der Waals surface area contributed by atoms with Crippen LogP contribution >= 0.6 is 0 Å². The van der Waals surface area contributed by atoms with Gasteiger partial charge in [0.25, 0.3) is 0 Å². The Hall–Kier alpha value is -1.09. The van der Waals surface area contributed by atoms with E-state index < -0.39 is 0 Å². The van der Waals surface area contributed by atoms with Crippen LogP contribution in [0.1, 0.15) is 43.7 Å². The van der Waals surface area contributed by atoms with Crippen molar-refractivity contribution in [1.82, 2.24) is 0 Å². The third kappa shape index (κ3) is 3.43. The number of carbonyl (C=O) groups is 1. The van der Waals surface area contributed by atoms with Crippen molar-refractivity contribution in [2.45, 2.75) is 39.2 Å². The second kappa shape index (κ2) is 5.50. The van der Waals surface area contributed by atoms with E-state index in [-0.39, 0.29) is 18.5 Å². The Bertz CT molecular complexity index is 346. The lowest BCUT2D eigenvalue weighted by Crippen LogP contribution is -2.28. The molecule has 1 heterocycles. The molecule has 0 aromatic carbocycles. The molecule has 0 bridgehead atoms. The minimum absolute atomic E-state index is 0.0686. The molecule has 1 fully saturated rings. The molecule has 0 radical (unpaired) electrons. The standard InChI is InChI=1S/C14H20O3/c1-10-6-11(2)8-12(7-10)17-9-13(15)14-4-3-5-16-14/h3-5,10-12H,6-9H2,1-2H3. The molecule has 2 rings (SSSR count). The van der Waals surface area contributed by atoms with Gasteiger partial charge >= 0.3 is 0 Å². The predicted molar refractivity (Wildman–Crippen MR) is 65.0 cm³/mol. The van der Waals surface area contributed by atoms with Crippen LogP contribution < -0.4 is 0 Å². The quantitative estimate of drug-likeness (QED) is 0.753. The van der Waals surface area contributed by atoms with E-state index in [9.17, 15) is 4.79 Å². The Morgan fingerprint density at radius 1 is 1.35 bits per heavy atom. The van der Waals surface area contributed by atoms with Crippen LogP contribution in [0.4, 0.5) is 0 Å². The van der Waals surface area contributed by atoms with Gasteiger partial charge in [-0.05, 0) is 43.2 Å². The van der Waals surface area contributed by atoms with Crippen LogP contribution in [0, 0.1) is 11.8 Å². The zero-order valence-electron chi connectivity index (χ0n) is 10.5. The molecule has 1 aliphatic carbocycles. The van der Waals surface area contributed by atoms with E-state index in [1.165, 1.54) is 12.7 Å². The summed E-state index contributed by atoms with van der Waals surface area (Å²) in [5.74, 6) is 1.72. The van der Waals surface area contributed by atoms with Crippen LogP contribution in [0.3, 0.4) is 0 Å². The van der Waals surface area contributed by atoms with Gasteiger partial charge in [-0.1, -0.05) is 13.8 Å². The fourth-order valence-corrected chi connectivity index (χ4v) is 2.71. The van der Waals surface area contributed by atoms with E-state index in [0.717, 1.165) is 12.8 Å². The molecule has 0 amide bonds. The summed E-state index contributed by atoms with van der Waals surface area (Å²) in [6.07, 6.45) is 5.14. The Kier molecular flexibility index (Phi) is 4.00. The van der Waals surface area contributed by atoms with Gasteiger partial charge in [0.2, 0.25) is 5.78 Å². The highest BCUT2D eigenvalue weighted by atomic mass is 16.5. The minimum atomic E-state index is -0.0686. The minimum Gasteiger partial charge on any atom is -0.461 e. The van der Waals surface area contributed by atoms with Crippen molar-refractivity contribution in [2.24, 2.45) is 11.8 Å². The van der Waals surface area contributed by atoms with Gasteiger partial charge in [-0.2, -0.15) is 0 Å². The average molecular weight is 236 g/mol. The Morgan fingerprint density at radius 2 is 2.06 bits per heavy atom. The van der Waals surface area contributed by atoms with Gasteiger partial charge in [0, 0.05) is 0 Å². The number of ether oxygens (including phenoxy) is 1. The summed E-state index contributed by atoms with van der Waals surface area (Å²) >= 11 is 0. The molecule has 2 unspecified atom stereocenters. The van der Waals surface area contributed by atoms with E-state index in [1.807, 2.05) is 0 Å². The van der Waals surface area contributed by atoms with E-state index in [0.29, 0.717) is 17.6 Å². The fraction of sp³-hybridized carbons (Fsp3) is 0.643. The second-order valence-electron chi connectivity index (χ2n) is 5.25. The van der Waals surface area contributed by atoms with Crippen molar-refractivity contribution in [1.29, 1.82) is 0 Å². The molecular formula is C14H20O3.